The summed E-state index contributed by atoms with van der Waals surface area (Å²) in [4.78, 5) is 21.6. The smallest absolute Gasteiger partial charge is 0.410 e. The van der Waals surface area contributed by atoms with Crippen LogP contribution in [0.2, 0.25) is 5.02 Å². The van der Waals surface area contributed by atoms with Gasteiger partial charge in [-0.3, -0.25) is 4.21 Å². The summed E-state index contributed by atoms with van der Waals surface area (Å²) >= 11 is 5.71. The van der Waals surface area contributed by atoms with E-state index in [1.807, 2.05) is 20.8 Å². The summed E-state index contributed by atoms with van der Waals surface area (Å²) in [5.74, 6) is 0.591. The molecule has 122 valence electrons. The van der Waals surface area contributed by atoms with E-state index >= 15 is 0 Å². The van der Waals surface area contributed by atoms with E-state index in [-0.39, 0.29) is 17.2 Å². The van der Waals surface area contributed by atoms with Gasteiger partial charge in [0, 0.05) is 18.8 Å². The van der Waals surface area contributed by atoms with Crippen LogP contribution in [-0.4, -0.2) is 49.6 Å². The van der Waals surface area contributed by atoms with Gasteiger partial charge in [0.25, 0.3) is 0 Å². The van der Waals surface area contributed by atoms with E-state index in [4.69, 9.17) is 16.3 Å². The molecular formula is C14H20ClN3O3S. The van der Waals surface area contributed by atoms with Gasteiger partial charge in [-0.2, -0.15) is 0 Å². The van der Waals surface area contributed by atoms with Crippen molar-refractivity contribution in [1.29, 1.82) is 0 Å². The first kappa shape index (κ1) is 17.1. The molecule has 1 amide bonds. The first-order chi connectivity index (χ1) is 10.2. The van der Waals surface area contributed by atoms with Crippen LogP contribution in [0.5, 0.6) is 0 Å². The third kappa shape index (κ3) is 4.91. The van der Waals surface area contributed by atoms with E-state index in [9.17, 15) is 9.00 Å². The summed E-state index contributed by atoms with van der Waals surface area (Å²) in [5, 5.41) is 0.692. The maximum Gasteiger partial charge on any atom is 0.410 e. The van der Waals surface area contributed by atoms with E-state index in [0.29, 0.717) is 23.9 Å². The van der Waals surface area contributed by atoms with Gasteiger partial charge in [0.1, 0.15) is 5.60 Å². The molecule has 1 saturated heterocycles. The minimum Gasteiger partial charge on any atom is -0.444 e. The minimum atomic E-state index is -1.29. The number of hydrogen-bond acceptors (Lipinski definition) is 5. The van der Waals surface area contributed by atoms with E-state index in [2.05, 4.69) is 9.97 Å². The quantitative estimate of drug-likeness (QED) is 0.787. The van der Waals surface area contributed by atoms with Crippen molar-refractivity contribution in [3.8, 4) is 0 Å². The van der Waals surface area contributed by atoms with Gasteiger partial charge in [0.15, 0.2) is 0 Å². The third-order valence-corrected chi connectivity index (χ3v) is 4.71. The van der Waals surface area contributed by atoms with Gasteiger partial charge in [-0.1, -0.05) is 11.6 Å². The SMILES string of the molecule is CC(C)(C)OC(=O)N1CC[C@H](C[S@@](=O)c2ncc(Cl)cn2)C1. The van der Waals surface area contributed by atoms with Gasteiger partial charge in [0.2, 0.25) is 5.16 Å². The van der Waals surface area contributed by atoms with Gasteiger partial charge >= 0.3 is 6.09 Å². The molecule has 0 spiro atoms. The number of likely N-dealkylation sites (tertiary alicyclic amines) is 1. The number of halogens is 1. The van der Waals surface area contributed by atoms with Crippen molar-refractivity contribution < 1.29 is 13.7 Å². The van der Waals surface area contributed by atoms with Crippen molar-refractivity contribution >= 4 is 28.5 Å². The Kier molecular flexibility index (Phi) is 5.39. The Hall–Kier alpha value is -1.21. The predicted octanol–water partition coefficient (Wildman–Crippen LogP) is 2.49. The molecule has 6 nitrogen and oxygen atoms in total. The minimum absolute atomic E-state index is 0.160. The number of aromatic nitrogens is 2. The Morgan fingerprint density at radius 3 is 2.68 bits per heavy atom. The molecule has 0 radical (unpaired) electrons. The Morgan fingerprint density at radius 1 is 1.45 bits per heavy atom. The molecule has 1 aliphatic rings. The molecule has 0 saturated carbocycles. The van der Waals surface area contributed by atoms with Crippen LogP contribution in [0, 0.1) is 5.92 Å². The maximum atomic E-state index is 12.2. The van der Waals surface area contributed by atoms with Gasteiger partial charge in [-0.15, -0.1) is 0 Å². The molecule has 2 heterocycles. The van der Waals surface area contributed by atoms with Crippen LogP contribution in [-0.2, 0) is 15.5 Å². The van der Waals surface area contributed by atoms with Crippen LogP contribution in [0.4, 0.5) is 4.79 Å². The first-order valence-electron chi connectivity index (χ1n) is 7.08. The largest absolute Gasteiger partial charge is 0.444 e. The van der Waals surface area contributed by atoms with Gasteiger partial charge in [-0.25, -0.2) is 14.8 Å². The molecule has 0 N–H and O–H groups in total. The molecule has 2 atom stereocenters. The summed E-state index contributed by atoms with van der Waals surface area (Å²) < 4.78 is 17.6. The van der Waals surface area contributed by atoms with Crippen LogP contribution in [0.3, 0.4) is 0 Å². The van der Waals surface area contributed by atoms with Gasteiger partial charge in [0.05, 0.1) is 28.2 Å². The molecule has 0 aromatic carbocycles. The summed E-state index contributed by atoms with van der Waals surface area (Å²) in [6.07, 6.45) is 3.36. The van der Waals surface area contributed by atoms with E-state index < -0.39 is 16.4 Å². The predicted molar refractivity (Wildman–Crippen MR) is 84.2 cm³/mol. The number of ether oxygens (including phenoxy) is 1. The second-order valence-electron chi connectivity index (χ2n) is 6.28. The molecule has 8 heteroatoms. The normalized spacial score (nSPS) is 20.0. The number of carbonyl (C=O) groups is 1. The van der Waals surface area contributed by atoms with Gasteiger partial charge in [-0.05, 0) is 33.1 Å². The molecule has 1 aromatic heterocycles. The summed E-state index contributed by atoms with van der Waals surface area (Å²) in [6.45, 7) is 6.69. The highest BCUT2D eigenvalue weighted by Crippen LogP contribution is 2.21. The summed E-state index contributed by atoms with van der Waals surface area (Å²) in [6, 6.07) is 0. The van der Waals surface area contributed by atoms with Crippen LogP contribution >= 0.6 is 11.6 Å². The van der Waals surface area contributed by atoms with Crippen LogP contribution < -0.4 is 0 Å². The molecular weight excluding hydrogens is 326 g/mol. The highest BCUT2D eigenvalue weighted by molar-refractivity contribution is 7.84. The molecule has 1 aliphatic heterocycles. The summed E-state index contributed by atoms with van der Waals surface area (Å²) in [5.41, 5.74) is -0.505. The van der Waals surface area contributed by atoms with Crippen LogP contribution in [0.15, 0.2) is 17.6 Å². The van der Waals surface area contributed by atoms with Gasteiger partial charge < -0.3 is 9.64 Å². The Morgan fingerprint density at radius 2 is 2.09 bits per heavy atom. The third-order valence-electron chi connectivity index (χ3n) is 3.12. The van der Waals surface area contributed by atoms with E-state index in [1.54, 1.807) is 4.90 Å². The zero-order chi connectivity index (χ0) is 16.3. The van der Waals surface area contributed by atoms with Crippen molar-refractivity contribution in [3.05, 3.63) is 17.4 Å². The Bertz CT molecular complexity index is 559. The molecule has 0 bridgehead atoms. The van der Waals surface area contributed by atoms with Crippen molar-refractivity contribution in [2.45, 2.75) is 37.9 Å². The second kappa shape index (κ2) is 6.91. The average molecular weight is 346 g/mol. The zero-order valence-electron chi connectivity index (χ0n) is 12.9. The van der Waals surface area contributed by atoms with Crippen molar-refractivity contribution in [2.24, 2.45) is 5.92 Å². The van der Waals surface area contributed by atoms with E-state index in [0.717, 1.165) is 6.42 Å². The number of amides is 1. The maximum absolute atomic E-state index is 12.2. The lowest BCUT2D eigenvalue weighted by Crippen LogP contribution is -2.35. The Labute approximate surface area is 137 Å². The van der Waals surface area contributed by atoms with Crippen molar-refractivity contribution in [3.63, 3.8) is 0 Å². The number of hydrogen-bond donors (Lipinski definition) is 0. The highest BCUT2D eigenvalue weighted by Gasteiger charge is 2.31. The van der Waals surface area contributed by atoms with Crippen molar-refractivity contribution in [1.82, 2.24) is 14.9 Å². The molecule has 22 heavy (non-hydrogen) atoms. The molecule has 0 unspecified atom stereocenters. The number of nitrogens with zero attached hydrogens (tertiary/aromatic N) is 3. The lowest BCUT2D eigenvalue weighted by molar-refractivity contribution is 0.0289. The summed E-state index contributed by atoms with van der Waals surface area (Å²) in [7, 11) is -1.29. The van der Waals surface area contributed by atoms with Crippen molar-refractivity contribution in [2.75, 3.05) is 18.8 Å². The molecule has 1 aromatic rings. The molecule has 2 rings (SSSR count). The molecule has 0 aliphatic carbocycles. The molecule has 1 fully saturated rings. The standard InChI is InChI=1S/C14H20ClN3O3S/c1-14(2,3)21-13(19)18-5-4-10(8-18)9-22(20)12-16-6-11(15)7-17-12/h6-7,10H,4-5,8-9H2,1-3H3/t10-,22+/m0/s1. The van der Waals surface area contributed by atoms with Crippen LogP contribution in [0.25, 0.3) is 0 Å². The topological polar surface area (TPSA) is 72.4 Å². The monoisotopic (exact) mass is 345 g/mol. The second-order valence-corrected chi connectivity index (χ2v) is 8.10. The lowest BCUT2D eigenvalue weighted by Gasteiger charge is -2.24. The first-order valence-corrected chi connectivity index (χ1v) is 8.78. The highest BCUT2D eigenvalue weighted by atomic mass is 35.5. The fourth-order valence-electron chi connectivity index (χ4n) is 2.17. The lowest BCUT2D eigenvalue weighted by atomic mass is 10.2. The fourth-order valence-corrected chi connectivity index (χ4v) is 3.46. The number of carbonyl (C=O) groups excluding carboxylic acids is 1. The Balaban J connectivity index is 1.87. The van der Waals surface area contributed by atoms with E-state index in [1.165, 1.54) is 12.4 Å². The average Bonchev–Trinajstić information content (AvgIpc) is 2.86. The number of rotatable bonds is 3. The zero-order valence-corrected chi connectivity index (χ0v) is 14.5. The fraction of sp³-hybridized carbons (Fsp3) is 0.643. The van der Waals surface area contributed by atoms with Crippen LogP contribution in [0.1, 0.15) is 27.2 Å².